The minimum Gasteiger partial charge on any atom is -0.462 e. The fraction of sp³-hybridized carbons (Fsp3) is 0.883. The van der Waals surface area contributed by atoms with Gasteiger partial charge in [-0.1, -0.05) is 194 Å². The van der Waals surface area contributed by atoms with Crippen molar-refractivity contribution in [1.82, 2.24) is 0 Å². The molecule has 0 spiro atoms. The minimum absolute atomic E-state index is 0.00331. The number of carbonyl (C=O) groups is 5. The number of unbranched alkanes of at least 4 members (excludes halogenated alkanes) is 24. The number of carbonyl (C=O) groups excluding carboxylic acids is 5. The maximum Gasteiger partial charge on any atom is 0.306 e. The van der Waals surface area contributed by atoms with E-state index in [1.165, 1.54) is 134 Å². The zero-order chi connectivity index (χ0) is 49.7. The summed E-state index contributed by atoms with van der Waals surface area (Å²) in [6.07, 6.45) is 41.2. The van der Waals surface area contributed by atoms with E-state index in [1.54, 1.807) is 0 Å². The summed E-state index contributed by atoms with van der Waals surface area (Å²) in [5.41, 5.74) is 1.41. The third kappa shape index (κ3) is 21.1. The Bertz CT molecular complexity index is 1490. The third-order valence-corrected chi connectivity index (χ3v) is 17.3. The Morgan fingerprint density at radius 2 is 1.01 bits per heavy atom. The molecule has 4 rings (SSSR count). The monoisotopic (exact) mass is 967 g/mol. The summed E-state index contributed by atoms with van der Waals surface area (Å²) in [5, 5.41) is 0. The smallest absolute Gasteiger partial charge is 0.306 e. The van der Waals surface area contributed by atoms with Crippen LogP contribution in [0.5, 0.6) is 0 Å². The van der Waals surface area contributed by atoms with E-state index in [2.05, 4.69) is 27.7 Å². The molecule has 0 amide bonds. The maximum absolute atomic E-state index is 13.5. The molecule has 0 aliphatic heterocycles. The highest BCUT2D eigenvalue weighted by Gasteiger charge is 2.60. The Hall–Kier alpha value is -2.71. The van der Waals surface area contributed by atoms with Crippen LogP contribution in [0.25, 0.3) is 0 Å². The van der Waals surface area contributed by atoms with Crippen molar-refractivity contribution in [1.29, 1.82) is 0 Å². The molecule has 0 aromatic rings. The van der Waals surface area contributed by atoms with Crippen LogP contribution in [0.4, 0.5) is 0 Å². The molecule has 3 saturated carbocycles. The van der Waals surface area contributed by atoms with E-state index in [0.29, 0.717) is 37.0 Å². The average Bonchev–Trinajstić information content (AvgIpc) is 3.65. The van der Waals surface area contributed by atoms with E-state index in [1.807, 2.05) is 13.0 Å². The third-order valence-electron chi connectivity index (χ3n) is 17.3. The van der Waals surface area contributed by atoms with E-state index >= 15 is 0 Å². The first-order valence-corrected chi connectivity index (χ1v) is 29.3. The van der Waals surface area contributed by atoms with Crippen LogP contribution in [-0.4, -0.2) is 55.1 Å². The molecule has 0 aromatic carbocycles. The predicted octanol–water partition coefficient (Wildman–Crippen LogP) is 15.8. The highest BCUT2D eigenvalue weighted by Crippen LogP contribution is 2.65. The highest BCUT2D eigenvalue weighted by atomic mass is 16.6. The van der Waals surface area contributed by atoms with Gasteiger partial charge in [0.15, 0.2) is 11.9 Å². The van der Waals surface area contributed by atoms with Crippen molar-refractivity contribution in [3.05, 3.63) is 11.6 Å². The van der Waals surface area contributed by atoms with Crippen molar-refractivity contribution in [3.63, 3.8) is 0 Å². The van der Waals surface area contributed by atoms with Crippen molar-refractivity contribution < 1.29 is 42.9 Å². The van der Waals surface area contributed by atoms with Gasteiger partial charge in [0.1, 0.15) is 19.3 Å². The summed E-state index contributed by atoms with van der Waals surface area (Å²) in [7, 11) is 0. The lowest BCUT2D eigenvalue weighted by molar-refractivity contribution is -0.168. The van der Waals surface area contributed by atoms with Crippen molar-refractivity contribution >= 4 is 29.7 Å². The number of rotatable bonds is 38. The second-order valence-electron chi connectivity index (χ2n) is 23.0. The van der Waals surface area contributed by atoms with Crippen LogP contribution in [0.1, 0.15) is 279 Å². The lowest BCUT2D eigenvalue weighted by Crippen LogP contribution is -2.51. The quantitative estimate of drug-likeness (QED) is 0.0338. The van der Waals surface area contributed by atoms with Crippen molar-refractivity contribution in [2.75, 3.05) is 13.2 Å². The van der Waals surface area contributed by atoms with Gasteiger partial charge in [0.2, 0.25) is 0 Å². The van der Waals surface area contributed by atoms with Crippen LogP contribution in [0.3, 0.4) is 0 Å². The van der Waals surface area contributed by atoms with Gasteiger partial charge in [-0.15, -0.1) is 0 Å². The van der Waals surface area contributed by atoms with Gasteiger partial charge in [0.05, 0.1) is 0 Å². The predicted molar refractivity (Wildman–Crippen MR) is 277 cm³/mol. The van der Waals surface area contributed by atoms with Crippen LogP contribution >= 0.6 is 0 Å². The molecule has 4 aliphatic carbocycles. The molecule has 0 saturated heterocycles. The number of ketones is 1. The van der Waals surface area contributed by atoms with Gasteiger partial charge in [-0.25, -0.2) is 0 Å². The minimum atomic E-state index is -0.920. The summed E-state index contributed by atoms with van der Waals surface area (Å²) >= 11 is 0. The van der Waals surface area contributed by atoms with E-state index in [4.69, 9.17) is 18.9 Å². The topological polar surface area (TPSA) is 122 Å². The largest absolute Gasteiger partial charge is 0.462 e. The van der Waals surface area contributed by atoms with Gasteiger partial charge in [0.25, 0.3) is 0 Å². The number of ether oxygens (including phenoxy) is 4. The molecule has 3 fully saturated rings. The molecular formula is C60H102O9. The Labute approximate surface area is 421 Å². The molecular weight excluding hydrogens is 865 g/mol. The summed E-state index contributed by atoms with van der Waals surface area (Å²) in [6, 6.07) is 0. The number of allylic oxidation sites excluding steroid dienone is 1. The number of hydrogen-bond donors (Lipinski definition) is 0. The zero-order valence-electron chi connectivity index (χ0n) is 45.0. The van der Waals surface area contributed by atoms with Crippen LogP contribution in [0.2, 0.25) is 0 Å². The van der Waals surface area contributed by atoms with Gasteiger partial charge >= 0.3 is 23.9 Å². The molecule has 7 atom stereocenters. The molecule has 0 N–H and O–H groups in total. The summed E-state index contributed by atoms with van der Waals surface area (Å²) in [5.74, 6) is 0.149. The van der Waals surface area contributed by atoms with Crippen LogP contribution in [0.15, 0.2) is 11.6 Å². The Kier molecular flexibility index (Phi) is 28.2. The fourth-order valence-electron chi connectivity index (χ4n) is 13.0. The number of esters is 4. The second kappa shape index (κ2) is 33.1. The SMILES string of the molecule is CCCCCCCCCCCCCCCC(=O)OCC(COC(=O)CCCCCCCCCCCCCCC)OC(=O)CC(C)CC(=O)O[C@H]1CC[C@H]2[C@@H]3CCC4=CC(=O)CC[C@]4(C)[C@H]3CC[C@]12C. The molecule has 0 heterocycles. The van der Waals surface area contributed by atoms with Crippen LogP contribution < -0.4 is 0 Å². The number of fused-ring (bicyclic) bond motifs is 5. The zero-order valence-corrected chi connectivity index (χ0v) is 45.0. The van der Waals surface area contributed by atoms with Gasteiger partial charge in [0, 0.05) is 37.5 Å². The molecule has 0 bridgehead atoms. The van der Waals surface area contributed by atoms with Crippen molar-refractivity contribution in [2.45, 2.75) is 291 Å². The summed E-state index contributed by atoms with van der Waals surface area (Å²) in [4.78, 5) is 64.7. The van der Waals surface area contributed by atoms with Crippen molar-refractivity contribution in [2.24, 2.45) is 34.5 Å². The molecule has 4 aliphatic rings. The standard InChI is InChI=1S/C60H102O9/c1-6-8-10-12-14-16-18-20-22-24-26-28-30-32-55(62)66-45-50(46-67-56(63)33-31-29-27-25-23-21-19-17-15-13-11-9-7-2)68-57(64)42-47(3)43-58(65)69-54-37-36-52-51-35-34-48-44-49(61)38-40-59(48,4)53(51)39-41-60(52,54)5/h44,47,50-54H,6-43,45-46H2,1-5H3/t47?,51-,52-,53-,54-,59-,60-/m0/s1. The van der Waals surface area contributed by atoms with Gasteiger partial charge in [-0.3, -0.25) is 24.0 Å². The van der Waals surface area contributed by atoms with Gasteiger partial charge < -0.3 is 18.9 Å². The molecule has 0 radical (unpaired) electrons. The van der Waals surface area contributed by atoms with E-state index in [9.17, 15) is 24.0 Å². The Morgan fingerprint density at radius 1 is 0.551 bits per heavy atom. The molecule has 396 valence electrons. The molecule has 69 heavy (non-hydrogen) atoms. The van der Waals surface area contributed by atoms with Crippen molar-refractivity contribution in [3.8, 4) is 0 Å². The van der Waals surface area contributed by atoms with Crippen LogP contribution in [0, 0.1) is 34.5 Å². The first-order chi connectivity index (χ1) is 33.4. The van der Waals surface area contributed by atoms with Crippen LogP contribution in [-0.2, 0) is 42.9 Å². The Balaban J connectivity index is 1.16. The summed E-state index contributed by atoms with van der Waals surface area (Å²) in [6.45, 7) is 10.7. The van der Waals surface area contributed by atoms with E-state index < -0.39 is 12.1 Å². The molecule has 9 heteroatoms. The first-order valence-electron chi connectivity index (χ1n) is 29.3. The fourth-order valence-corrected chi connectivity index (χ4v) is 13.0. The summed E-state index contributed by atoms with van der Waals surface area (Å²) < 4.78 is 23.3. The first kappa shape index (κ1) is 58.9. The van der Waals surface area contributed by atoms with Gasteiger partial charge in [-0.05, 0) is 93.0 Å². The maximum atomic E-state index is 13.5. The van der Waals surface area contributed by atoms with E-state index in [-0.39, 0.29) is 72.6 Å². The Morgan fingerprint density at radius 3 is 1.51 bits per heavy atom. The van der Waals surface area contributed by atoms with Gasteiger partial charge in [-0.2, -0.15) is 0 Å². The highest BCUT2D eigenvalue weighted by molar-refractivity contribution is 5.91. The normalized spacial score (nSPS) is 24.5. The molecule has 9 nitrogen and oxygen atoms in total. The lowest BCUT2D eigenvalue weighted by atomic mass is 9.47. The molecule has 0 aromatic heterocycles. The van der Waals surface area contributed by atoms with E-state index in [0.717, 1.165) is 83.5 Å². The average molecular weight is 967 g/mol. The molecule has 1 unspecified atom stereocenters. The second-order valence-corrected chi connectivity index (χ2v) is 23.0. The lowest BCUT2D eigenvalue weighted by Gasteiger charge is -2.57. The number of hydrogen-bond acceptors (Lipinski definition) is 9.